The summed E-state index contributed by atoms with van der Waals surface area (Å²) < 4.78 is 10.00. The van der Waals surface area contributed by atoms with Crippen LogP contribution in [0.25, 0.3) is 0 Å². The summed E-state index contributed by atoms with van der Waals surface area (Å²) in [5.74, 6) is 0.0104. The van der Waals surface area contributed by atoms with Crippen LogP contribution in [0, 0.1) is 0 Å². The average Bonchev–Trinajstić information content (AvgIpc) is 1.99. The van der Waals surface area contributed by atoms with Crippen molar-refractivity contribution < 1.29 is 9.47 Å². The Morgan fingerprint density at radius 1 is 1.40 bits per heavy atom. The van der Waals surface area contributed by atoms with Crippen molar-refractivity contribution in [2.24, 2.45) is 0 Å². The van der Waals surface area contributed by atoms with Gasteiger partial charge in [0.25, 0.3) is 0 Å². The van der Waals surface area contributed by atoms with Gasteiger partial charge < -0.3 is 9.47 Å². The first kappa shape index (κ1) is 9.62. The Bertz CT molecular complexity index is 108. The van der Waals surface area contributed by atoms with E-state index < -0.39 is 0 Å². The second kappa shape index (κ2) is 6.73. The molecule has 58 valence electrons. The van der Waals surface area contributed by atoms with Crippen molar-refractivity contribution >= 4 is 9.52 Å². The highest BCUT2D eigenvalue weighted by Gasteiger charge is 1.99. The summed E-state index contributed by atoms with van der Waals surface area (Å²) >= 11 is 0. The van der Waals surface area contributed by atoms with Gasteiger partial charge in [-0.3, -0.25) is 0 Å². The van der Waals surface area contributed by atoms with Gasteiger partial charge >= 0.3 is 0 Å². The fourth-order valence-corrected chi connectivity index (χ4v) is 1.53. The SMILES string of the molecule is C=CC=C[SiH2]C(OC)OC. The van der Waals surface area contributed by atoms with Crippen LogP contribution < -0.4 is 0 Å². The lowest BCUT2D eigenvalue weighted by molar-refractivity contribution is -0.0430. The molecule has 0 saturated heterocycles. The summed E-state index contributed by atoms with van der Waals surface area (Å²) in [7, 11) is 2.93. The molecule has 2 nitrogen and oxygen atoms in total. The second-order valence-electron chi connectivity index (χ2n) is 1.80. The molecule has 0 aromatic carbocycles. The van der Waals surface area contributed by atoms with Gasteiger partial charge in [0.15, 0.2) is 0 Å². The van der Waals surface area contributed by atoms with Crippen molar-refractivity contribution in [2.45, 2.75) is 5.91 Å². The lowest BCUT2D eigenvalue weighted by Gasteiger charge is -2.08. The van der Waals surface area contributed by atoms with E-state index in [4.69, 9.17) is 9.47 Å². The van der Waals surface area contributed by atoms with E-state index in [1.165, 1.54) is 0 Å². The van der Waals surface area contributed by atoms with E-state index in [1.54, 1.807) is 20.3 Å². The van der Waals surface area contributed by atoms with Crippen LogP contribution in [-0.4, -0.2) is 29.7 Å². The molecule has 0 fully saturated rings. The maximum atomic E-state index is 5.00. The first-order valence-corrected chi connectivity index (χ1v) is 4.81. The minimum atomic E-state index is -0.382. The Morgan fingerprint density at radius 2 is 2.00 bits per heavy atom. The van der Waals surface area contributed by atoms with Crippen molar-refractivity contribution in [1.29, 1.82) is 0 Å². The minimum Gasteiger partial charge on any atom is -0.360 e. The van der Waals surface area contributed by atoms with Crippen molar-refractivity contribution in [2.75, 3.05) is 14.2 Å². The Morgan fingerprint density at radius 3 is 2.40 bits per heavy atom. The molecule has 0 amide bonds. The molecule has 0 N–H and O–H groups in total. The highest BCUT2D eigenvalue weighted by molar-refractivity contribution is 6.43. The molecule has 0 unspecified atom stereocenters. The van der Waals surface area contributed by atoms with E-state index >= 15 is 0 Å². The number of methoxy groups -OCH3 is 2. The monoisotopic (exact) mass is 158 g/mol. The number of ether oxygens (including phenoxy) is 2. The Hall–Kier alpha value is -0.383. The zero-order chi connectivity index (χ0) is 7.82. The van der Waals surface area contributed by atoms with Crippen LogP contribution in [0.1, 0.15) is 0 Å². The minimum absolute atomic E-state index is 0.0104. The van der Waals surface area contributed by atoms with Gasteiger partial charge in [-0.05, 0) is 0 Å². The van der Waals surface area contributed by atoms with Gasteiger partial charge in [0, 0.05) is 14.2 Å². The first-order valence-electron chi connectivity index (χ1n) is 3.18. The van der Waals surface area contributed by atoms with E-state index in [-0.39, 0.29) is 15.4 Å². The lowest BCUT2D eigenvalue weighted by atomic mass is 10.6. The van der Waals surface area contributed by atoms with Crippen LogP contribution >= 0.6 is 0 Å². The Balaban J connectivity index is 3.43. The molecule has 0 saturated carbocycles. The predicted molar refractivity (Wildman–Crippen MR) is 45.7 cm³/mol. The molecule has 0 bridgehead atoms. The molecular formula is C7H14O2Si. The van der Waals surface area contributed by atoms with Crippen LogP contribution in [0.15, 0.2) is 24.4 Å². The molecule has 10 heavy (non-hydrogen) atoms. The maximum absolute atomic E-state index is 5.00. The van der Waals surface area contributed by atoms with Crippen molar-refractivity contribution in [3.05, 3.63) is 24.4 Å². The lowest BCUT2D eigenvalue weighted by Crippen LogP contribution is -2.19. The summed E-state index contributed by atoms with van der Waals surface area (Å²) in [6.07, 6.45) is 3.69. The quantitative estimate of drug-likeness (QED) is 0.328. The second-order valence-corrected chi connectivity index (χ2v) is 3.41. The summed E-state index contributed by atoms with van der Waals surface area (Å²) in [5, 5.41) is 0. The third-order valence-electron chi connectivity index (χ3n) is 1.13. The summed E-state index contributed by atoms with van der Waals surface area (Å²) in [4.78, 5) is 0. The average molecular weight is 158 g/mol. The number of allylic oxidation sites excluding steroid dienone is 2. The summed E-state index contributed by atoms with van der Waals surface area (Å²) in [6.45, 7) is 3.56. The molecule has 3 heteroatoms. The van der Waals surface area contributed by atoms with E-state index in [0.717, 1.165) is 0 Å². The zero-order valence-corrected chi connectivity index (χ0v) is 7.95. The van der Waals surface area contributed by atoms with Crippen LogP contribution in [0.5, 0.6) is 0 Å². The standard InChI is InChI=1S/C7H14O2Si/c1-4-5-6-10-7(8-2)9-3/h4-7H,1,10H2,2-3H3. The fourth-order valence-electron chi connectivity index (χ4n) is 0.575. The van der Waals surface area contributed by atoms with Gasteiger partial charge in [-0.25, -0.2) is 0 Å². The van der Waals surface area contributed by atoms with E-state index in [9.17, 15) is 0 Å². The van der Waals surface area contributed by atoms with E-state index in [0.29, 0.717) is 0 Å². The molecular weight excluding hydrogens is 144 g/mol. The third kappa shape index (κ3) is 4.49. The molecule has 0 aliphatic heterocycles. The highest BCUT2D eigenvalue weighted by atomic mass is 28.2. The van der Waals surface area contributed by atoms with Crippen molar-refractivity contribution in [1.82, 2.24) is 0 Å². The molecule has 0 atom stereocenters. The van der Waals surface area contributed by atoms with Gasteiger partial charge in [0.2, 0.25) is 0 Å². The Labute approximate surface area is 64.4 Å². The fraction of sp³-hybridized carbons (Fsp3) is 0.429. The molecule has 0 spiro atoms. The summed E-state index contributed by atoms with van der Waals surface area (Å²) in [6, 6.07) is 0. The van der Waals surface area contributed by atoms with Gasteiger partial charge in [-0.1, -0.05) is 24.4 Å². The normalized spacial score (nSPS) is 12.3. The van der Waals surface area contributed by atoms with E-state index in [1.807, 2.05) is 6.08 Å². The molecule has 0 aliphatic rings. The van der Waals surface area contributed by atoms with Gasteiger partial charge in [-0.2, -0.15) is 0 Å². The number of hydrogen-bond donors (Lipinski definition) is 0. The molecule has 0 radical (unpaired) electrons. The van der Waals surface area contributed by atoms with Crippen LogP contribution in [0.3, 0.4) is 0 Å². The first-order chi connectivity index (χ1) is 4.85. The van der Waals surface area contributed by atoms with E-state index in [2.05, 4.69) is 12.3 Å². The van der Waals surface area contributed by atoms with Crippen LogP contribution in [0.4, 0.5) is 0 Å². The maximum Gasteiger partial charge on any atom is 0.138 e. The van der Waals surface area contributed by atoms with Gasteiger partial charge in [-0.15, -0.1) is 0 Å². The molecule has 0 aliphatic carbocycles. The smallest absolute Gasteiger partial charge is 0.138 e. The predicted octanol–water partition coefficient (Wildman–Crippen LogP) is 0.431. The third-order valence-corrected chi connectivity index (χ3v) is 2.72. The number of rotatable bonds is 5. The van der Waals surface area contributed by atoms with Gasteiger partial charge in [0.1, 0.15) is 15.4 Å². The van der Waals surface area contributed by atoms with Crippen LogP contribution in [-0.2, 0) is 9.47 Å². The number of hydrogen-bond acceptors (Lipinski definition) is 2. The molecule has 0 aromatic heterocycles. The Kier molecular flexibility index (Phi) is 6.47. The largest absolute Gasteiger partial charge is 0.360 e. The van der Waals surface area contributed by atoms with Crippen molar-refractivity contribution in [3.8, 4) is 0 Å². The highest BCUT2D eigenvalue weighted by Crippen LogP contribution is 1.87. The topological polar surface area (TPSA) is 18.5 Å². The molecule has 0 aromatic rings. The zero-order valence-electron chi connectivity index (χ0n) is 6.54. The van der Waals surface area contributed by atoms with Crippen LogP contribution in [0.2, 0.25) is 0 Å². The van der Waals surface area contributed by atoms with Crippen molar-refractivity contribution in [3.63, 3.8) is 0 Å². The molecule has 0 heterocycles. The molecule has 0 rings (SSSR count). The van der Waals surface area contributed by atoms with Gasteiger partial charge in [0.05, 0.1) is 0 Å². The summed E-state index contributed by atoms with van der Waals surface area (Å²) in [5.41, 5.74) is 2.09.